The highest BCUT2D eigenvalue weighted by Crippen LogP contribution is 2.11. The van der Waals surface area contributed by atoms with Crippen LogP contribution in [0.5, 0.6) is 0 Å². The maximum atomic E-state index is 11.0. The second kappa shape index (κ2) is 2.91. The zero-order valence-electron chi connectivity index (χ0n) is 2.53. The van der Waals surface area contributed by atoms with E-state index in [4.69, 9.17) is 23.2 Å². The minimum absolute atomic E-state index is 1.40. The summed E-state index contributed by atoms with van der Waals surface area (Å²) < 4.78 is 19.0. The van der Waals surface area contributed by atoms with Gasteiger partial charge in [-0.1, -0.05) is 0 Å². The van der Waals surface area contributed by atoms with Gasteiger partial charge in [-0.15, -0.1) is 0 Å². The molecule has 0 N–H and O–H groups in total. The zero-order chi connectivity index (χ0) is 5.15. The van der Waals surface area contributed by atoms with E-state index in [1.54, 1.807) is 0 Å². The monoisotopic (exact) mass is 150 g/mol. The summed E-state index contributed by atoms with van der Waals surface area (Å²) in [5.41, 5.74) is 0. The molecule has 0 bridgehead atoms. The van der Waals surface area contributed by atoms with Crippen molar-refractivity contribution in [3.63, 3.8) is 0 Å². The number of rotatable bonds is 1. The van der Waals surface area contributed by atoms with Crippen molar-refractivity contribution in [3.8, 4) is 0 Å². The van der Waals surface area contributed by atoms with Gasteiger partial charge in [0.25, 0.3) is 0 Å². The van der Waals surface area contributed by atoms with Crippen LogP contribution >= 0.6 is 23.2 Å². The summed E-state index contributed by atoms with van der Waals surface area (Å²) in [6, 6.07) is 0. The quantitative estimate of drug-likeness (QED) is 0.410. The van der Waals surface area contributed by atoms with Crippen LogP contribution in [0.1, 0.15) is 0 Å². The summed E-state index contributed by atoms with van der Waals surface area (Å²) in [6.45, 7) is 0. The smallest absolute Gasteiger partial charge is 0.302 e. The van der Waals surface area contributed by atoms with Gasteiger partial charge in [-0.05, 0) is 23.2 Å². The number of hydrogen-bond donors (Lipinski definition) is 0. The first-order valence-corrected chi connectivity index (χ1v) is 2.98. The Kier molecular flexibility index (Phi) is 3.30. The lowest BCUT2D eigenvalue weighted by Crippen LogP contribution is -1.99. The molecule has 0 radical (unpaired) electrons. The van der Waals surface area contributed by atoms with Gasteiger partial charge in [0.15, 0.2) is 0 Å². The highest BCUT2D eigenvalue weighted by Gasteiger charge is 2.14. The van der Waals surface area contributed by atoms with E-state index < -0.39 is 15.7 Å². The average molecular weight is 151 g/mol. The molecule has 0 rings (SSSR count). The van der Waals surface area contributed by atoms with Crippen LogP contribution in [0.25, 0.3) is 0 Å². The molecular formula is CHCl2FOS. The molecule has 1 nitrogen and oxygen atoms in total. The fraction of sp³-hybridized carbons (Fsp3) is 1.00. The third-order valence-electron chi connectivity index (χ3n) is 0.140. The molecule has 0 aromatic heterocycles. The summed E-state index contributed by atoms with van der Waals surface area (Å²) in [5, 5.41) is 0. The van der Waals surface area contributed by atoms with Gasteiger partial charge in [0.1, 0.15) is 0 Å². The van der Waals surface area contributed by atoms with E-state index in [1.807, 2.05) is 0 Å². The fourth-order valence-corrected chi connectivity index (χ4v) is 0. The highest BCUT2D eigenvalue weighted by molar-refractivity contribution is 7.89. The van der Waals surface area contributed by atoms with Crippen LogP contribution in [0.2, 0.25) is 0 Å². The standard InChI is InChI=1S/CHCl2FOS/c2-1(3)6(4)5/h1H. The van der Waals surface area contributed by atoms with Crippen molar-refractivity contribution < 1.29 is 8.44 Å². The normalized spacial score (nSPS) is 15.5. The molecular weight excluding hydrogens is 150 g/mol. The van der Waals surface area contributed by atoms with Gasteiger partial charge in [0.05, 0.1) is 0 Å². The Morgan fingerprint density at radius 2 is 1.83 bits per heavy atom. The lowest BCUT2D eigenvalue weighted by atomic mass is 11.9. The lowest BCUT2D eigenvalue weighted by molar-refractivity contribution is 0.554. The fourth-order valence-electron chi connectivity index (χ4n) is 0. The summed E-state index contributed by atoms with van der Waals surface area (Å²) in [5.74, 6) is 0. The van der Waals surface area contributed by atoms with Crippen molar-refractivity contribution in [2.45, 2.75) is 4.17 Å². The molecule has 0 saturated heterocycles. The summed E-state index contributed by atoms with van der Waals surface area (Å²) in [7, 11) is 0. The third-order valence-corrected chi connectivity index (χ3v) is 1.26. The van der Waals surface area contributed by atoms with Crippen molar-refractivity contribution >= 4 is 34.8 Å². The molecule has 5 heteroatoms. The Hall–Kier alpha value is 0.820. The van der Waals surface area contributed by atoms with Gasteiger partial charge in [-0.2, -0.15) is 0 Å². The second-order valence-electron chi connectivity index (χ2n) is 0.509. The van der Waals surface area contributed by atoms with Crippen molar-refractivity contribution in [3.05, 3.63) is 0 Å². The van der Waals surface area contributed by atoms with E-state index in [2.05, 4.69) is 0 Å². The van der Waals surface area contributed by atoms with Crippen LogP contribution in [0.15, 0.2) is 0 Å². The summed E-state index contributed by atoms with van der Waals surface area (Å²) in [6.07, 6.45) is 0. The highest BCUT2D eigenvalue weighted by atomic mass is 35.5. The molecule has 0 aromatic carbocycles. The maximum Gasteiger partial charge on any atom is 0.302 e. The maximum absolute atomic E-state index is 11.0. The van der Waals surface area contributed by atoms with Crippen LogP contribution in [-0.4, -0.2) is 8.72 Å². The van der Waals surface area contributed by atoms with E-state index >= 15 is 0 Å². The lowest BCUT2D eigenvalue weighted by Gasteiger charge is -1.92. The largest absolute Gasteiger partial charge is 0.578 e. The van der Waals surface area contributed by atoms with Crippen molar-refractivity contribution in [2.24, 2.45) is 0 Å². The Morgan fingerprint density at radius 3 is 1.83 bits per heavy atom. The van der Waals surface area contributed by atoms with E-state index in [1.165, 1.54) is 0 Å². The first kappa shape index (κ1) is 6.82. The minimum Gasteiger partial charge on any atom is -0.578 e. The molecule has 0 aliphatic rings. The Morgan fingerprint density at radius 1 is 1.67 bits per heavy atom. The molecule has 0 aliphatic heterocycles. The van der Waals surface area contributed by atoms with Gasteiger partial charge in [-0.25, -0.2) is 0 Å². The van der Waals surface area contributed by atoms with Crippen LogP contribution in [0.4, 0.5) is 3.89 Å². The Balaban J connectivity index is 2.99. The van der Waals surface area contributed by atoms with Gasteiger partial charge in [-0.3, -0.25) is 0 Å². The van der Waals surface area contributed by atoms with Crippen LogP contribution in [0, 0.1) is 0 Å². The molecule has 0 aliphatic carbocycles. The topological polar surface area (TPSA) is 23.1 Å². The average Bonchev–Trinajstić information content (AvgIpc) is 1.36. The number of alkyl halides is 2. The third kappa shape index (κ3) is 3.03. The zero-order valence-corrected chi connectivity index (χ0v) is 4.86. The molecule has 1 atom stereocenters. The Labute approximate surface area is 47.9 Å². The van der Waals surface area contributed by atoms with Crippen molar-refractivity contribution in [1.82, 2.24) is 0 Å². The molecule has 0 amide bonds. The molecule has 6 heavy (non-hydrogen) atoms. The van der Waals surface area contributed by atoms with E-state index in [9.17, 15) is 8.44 Å². The van der Waals surface area contributed by atoms with E-state index in [0.29, 0.717) is 0 Å². The predicted molar refractivity (Wildman–Crippen MR) is 24.7 cm³/mol. The van der Waals surface area contributed by atoms with Crippen LogP contribution in [-0.2, 0) is 11.6 Å². The summed E-state index contributed by atoms with van der Waals surface area (Å²) in [4.78, 5) is 0. The molecule has 1 unspecified atom stereocenters. The summed E-state index contributed by atoms with van der Waals surface area (Å²) >= 11 is 6.82. The van der Waals surface area contributed by atoms with Crippen LogP contribution in [0.3, 0.4) is 0 Å². The van der Waals surface area contributed by atoms with Gasteiger partial charge in [0.2, 0.25) is 11.6 Å². The molecule has 38 valence electrons. The van der Waals surface area contributed by atoms with Crippen LogP contribution < -0.4 is 0 Å². The van der Waals surface area contributed by atoms with Gasteiger partial charge >= 0.3 is 4.17 Å². The first-order valence-electron chi connectivity index (χ1n) is 0.993. The second-order valence-corrected chi connectivity index (χ2v) is 3.09. The number of halogens is 3. The van der Waals surface area contributed by atoms with Crippen molar-refractivity contribution in [1.29, 1.82) is 0 Å². The predicted octanol–water partition coefficient (Wildman–Crippen LogP) is 1.38. The molecule has 0 saturated carbocycles. The number of hydrogen-bond acceptors (Lipinski definition) is 1. The van der Waals surface area contributed by atoms with E-state index in [-0.39, 0.29) is 0 Å². The first-order chi connectivity index (χ1) is 2.64. The van der Waals surface area contributed by atoms with Gasteiger partial charge < -0.3 is 4.55 Å². The molecule has 0 spiro atoms. The Bertz CT molecular complexity index is 34.5. The molecule has 0 heterocycles. The van der Waals surface area contributed by atoms with Crippen molar-refractivity contribution in [2.75, 3.05) is 0 Å². The van der Waals surface area contributed by atoms with E-state index in [0.717, 1.165) is 0 Å². The molecule has 0 fully saturated rings. The van der Waals surface area contributed by atoms with Gasteiger partial charge in [0, 0.05) is 3.89 Å². The molecule has 0 aromatic rings. The SMILES string of the molecule is [O-][S+](F)C(Cl)Cl. The minimum atomic E-state index is -2.59.